The summed E-state index contributed by atoms with van der Waals surface area (Å²) >= 11 is 0. The van der Waals surface area contributed by atoms with Gasteiger partial charge >= 0.3 is 15.6 Å². The fourth-order valence-electron chi connectivity index (χ4n) is 3.21. The zero-order valence-corrected chi connectivity index (χ0v) is 17.0. The topological polar surface area (TPSA) is 61.8 Å². The van der Waals surface area contributed by atoms with Crippen molar-refractivity contribution >= 4 is 31.2 Å². The minimum atomic E-state index is -5.70. The Morgan fingerprint density at radius 3 is 2.21 bits per heavy atom. The summed E-state index contributed by atoms with van der Waals surface area (Å²) in [7, 11) is -6.86. The monoisotopic (exact) mass is 438 g/mol. The maximum absolute atomic E-state index is 13.0. The van der Waals surface area contributed by atoms with Crippen LogP contribution in [0.4, 0.5) is 13.2 Å². The van der Waals surface area contributed by atoms with E-state index in [-0.39, 0.29) is 11.5 Å². The fourth-order valence-corrected chi connectivity index (χ4v) is 8.60. The van der Waals surface area contributed by atoms with Crippen LogP contribution in [0, 0.1) is 0 Å². The Labute approximate surface area is 163 Å². The van der Waals surface area contributed by atoms with Crippen LogP contribution >= 0.6 is 10.3 Å². The second kappa shape index (κ2) is 7.74. The van der Waals surface area contributed by atoms with E-state index in [4.69, 9.17) is 13.1 Å². The molecule has 1 fully saturated rings. The van der Waals surface area contributed by atoms with Crippen LogP contribution in [0.2, 0.25) is 0 Å². The molecule has 0 spiro atoms. The molecule has 1 saturated heterocycles. The van der Waals surface area contributed by atoms with Crippen LogP contribution in [0.5, 0.6) is 5.75 Å². The first-order chi connectivity index (χ1) is 13.1. The lowest BCUT2D eigenvalue weighted by atomic mass is 10.1. The number of alkyl halides is 3. The highest BCUT2D eigenvalue weighted by atomic mass is 32.3. The van der Waals surface area contributed by atoms with Gasteiger partial charge in [0.05, 0.1) is 0 Å². The minimum Gasteiger partial charge on any atom is -0.465 e. The van der Waals surface area contributed by atoms with Gasteiger partial charge < -0.3 is 9.47 Å². The van der Waals surface area contributed by atoms with Gasteiger partial charge in [0, 0.05) is 28.9 Å². The SMILES string of the molecule is COC(C)Oc1ccc(S2(OS(=O)(=O)C(F)(F)F)CCCC2)c2ccccc12. The van der Waals surface area contributed by atoms with Crippen molar-refractivity contribution in [2.24, 2.45) is 0 Å². The van der Waals surface area contributed by atoms with Gasteiger partial charge in [-0.2, -0.15) is 21.6 Å². The molecule has 0 N–H and O–H groups in total. The molecular weight excluding hydrogens is 417 g/mol. The summed E-state index contributed by atoms with van der Waals surface area (Å²) < 4.78 is 78.4. The maximum atomic E-state index is 13.0. The van der Waals surface area contributed by atoms with Crippen molar-refractivity contribution in [3.05, 3.63) is 36.4 Å². The van der Waals surface area contributed by atoms with Gasteiger partial charge in [-0.05, 0) is 37.3 Å². The van der Waals surface area contributed by atoms with E-state index in [0.717, 1.165) is 0 Å². The summed E-state index contributed by atoms with van der Waals surface area (Å²) in [6.45, 7) is 1.71. The van der Waals surface area contributed by atoms with Crippen LogP contribution < -0.4 is 4.74 Å². The Morgan fingerprint density at radius 1 is 1.04 bits per heavy atom. The first kappa shape index (κ1) is 21.2. The first-order valence-electron chi connectivity index (χ1n) is 8.62. The van der Waals surface area contributed by atoms with Gasteiger partial charge in [-0.3, -0.25) is 0 Å². The van der Waals surface area contributed by atoms with E-state index in [2.05, 4.69) is 0 Å². The molecule has 10 heteroatoms. The van der Waals surface area contributed by atoms with Gasteiger partial charge in [0.15, 0.2) is 6.29 Å². The van der Waals surface area contributed by atoms with Crippen molar-refractivity contribution < 1.29 is 34.7 Å². The zero-order chi connectivity index (χ0) is 20.6. The molecule has 0 aromatic heterocycles. The van der Waals surface area contributed by atoms with E-state index in [0.29, 0.717) is 34.3 Å². The maximum Gasteiger partial charge on any atom is 0.523 e. The summed E-state index contributed by atoms with van der Waals surface area (Å²) in [5, 5.41) is 1.29. The van der Waals surface area contributed by atoms with Gasteiger partial charge in [-0.1, -0.05) is 34.6 Å². The highest BCUT2D eigenvalue weighted by molar-refractivity contribution is 8.33. The lowest BCUT2D eigenvalue weighted by Crippen LogP contribution is -2.27. The van der Waals surface area contributed by atoms with E-state index in [1.54, 1.807) is 43.3 Å². The van der Waals surface area contributed by atoms with E-state index < -0.39 is 32.2 Å². The molecule has 0 amide bonds. The molecule has 0 saturated carbocycles. The van der Waals surface area contributed by atoms with Crippen molar-refractivity contribution in [2.75, 3.05) is 18.6 Å². The van der Waals surface area contributed by atoms with Crippen LogP contribution in [0.3, 0.4) is 0 Å². The van der Waals surface area contributed by atoms with Crippen LogP contribution in [0.15, 0.2) is 41.3 Å². The zero-order valence-electron chi connectivity index (χ0n) is 15.4. The van der Waals surface area contributed by atoms with Crippen molar-refractivity contribution in [3.63, 3.8) is 0 Å². The highest BCUT2D eigenvalue weighted by Crippen LogP contribution is 2.65. The molecule has 1 atom stereocenters. The fraction of sp³-hybridized carbons (Fsp3) is 0.444. The van der Waals surface area contributed by atoms with Crippen LogP contribution in [0.25, 0.3) is 10.8 Å². The summed E-state index contributed by atoms with van der Waals surface area (Å²) in [4.78, 5) is 0.492. The molecule has 5 nitrogen and oxygen atoms in total. The van der Waals surface area contributed by atoms with E-state index in [9.17, 15) is 21.6 Å². The number of hydrogen-bond donors (Lipinski definition) is 0. The normalized spacial score (nSPS) is 19.5. The molecule has 28 heavy (non-hydrogen) atoms. The molecule has 0 radical (unpaired) electrons. The second-order valence-electron chi connectivity index (χ2n) is 6.42. The second-order valence-corrected chi connectivity index (χ2v) is 11.2. The third kappa shape index (κ3) is 3.96. The van der Waals surface area contributed by atoms with Crippen molar-refractivity contribution in [1.82, 2.24) is 0 Å². The van der Waals surface area contributed by atoms with Gasteiger partial charge in [0.2, 0.25) is 0 Å². The number of ether oxygens (including phenoxy) is 2. The lowest BCUT2D eigenvalue weighted by Gasteiger charge is -2.35. The van der Waals surface area contributed by atoms with Gasteiger partial charge in [0.25, 0.3) is 0 Å². The quantitative estimate of drug-likeness (QED) is 0.472. The van der Waals surface area contributed by atoms with Crippen molar-refractivity contribution in [1.29, 1.82) is 0 Å². The molecule has 1 aliphatic rings. The van der Waals surface area contributed by atoms with Gasteiger partial charge in [0.1, 0.15) is 5.75 Å². The number of methoxy groups -OCH3 is 1. The Morgan fingerprint density at radius 2 is 1.64 bits per heavy atom. The molecule has 1 heterocycles. The summed E-state index contributed by atoms with van der Waals surface area (Å²) in [5.41, 5.74) is -5.46. The van der Waals surface area contributed by atoms with Gasteiger partial charge in [-0.15, -0.1) is 0 Å². The molecule has 0 bridgehead atoms. The summed E-state index contributed by atoms with van der Waals surface area (Å²) in [6.07, 6.45) is 0.690. The number of benzene rings is 2. The van der Waals surface area contributed by atoms with Crippen LogP contribution in [0.1, 0.15) is 19.8 Å². The smallest absolute Gasteiger partial charge is 0.465 e. The predicted octanol–water partition coefficient (Wildman–Crippen LogP) is 4.95. The van der Waals surface area contributed by atoms with E-state index in [1.807, 2.05) is 0 Å². The first-order valence-corrected chi connectivity index (χ1v) is 11.9. The predicted molar refractivity (Wildman–Crippen MR) is 102 cm³/mol. The average Bonchev–Trinajstić information content (AvgIpc) is 3.09. The summed E-state index contributed by atoms with van der Waals surface area (Å²) in [6, 6.07) is 10.3. The number of fused-ring (bicyclic) bond motifs is 1. The third-order valence-corrected chi connectivity index (χ3v) is 9.95. The number of rotatable bonds is 6. The molecule has 0 aliphatic carbocycles. The van der Waals surface area contributed by atoms with Crippen molar-refractivity contribution in [3.8, 4) is 5.75 Å². The van der Waals surface area contributed by atoms with E-state index >= 15 is 0 Å². The standard InChI is InChI=1S/C18H21F3O5S2/c1-13(24-2)25-16-9-10-17(15-8-4-3-7-14(15)16)27(11-5-6-12-27)26-28(22,23)18(19,20)21/h3-4,7-10,13H,5-6,11-12H2,1-2H3. The third-order valence-electron chi connectivity index (χ3n) is 4.57. The number of halogens is 3. The molecular formula is C18H21F3O5S2. The number of hydrogen-bond acceptors (Lipinski definition) is 5. The Bertz CT molecular complexity index is 953. The molecule has 3 rings (SSSR count). The van der Waals surface area contributed by atoms with Crippen LogP contribution in [-0.2, 0) is 18.5 Å². The molecule has 2 aromatic carbocycles. The molecule has 156 valence electrons. The van der Waals surface area contributed by atoms with Gasteiger partial charge in [-0.25, -0.2) is 3.63 Å². The van der Waals surface area contributed by atoms with E-state index in [1.165, 1.54) is 7.11 Å². The average molecular weight is 438 g/mol. The Kier molecular flexibility index (Phi) is 5.86. The lowest BCUT2D eigenvalue weighted by molar-refractivity contribution is -0.0496. The molecule has 1 aliphatic heterocycles. The molecule has 1 unspecified atom stereocenters. The molecule has 2 aromatic rings. The van der Waals surface area contributed by atoms with Crippen molar-refractivity contribution in [2.45, 2.75) is 36.5 Å². The van der Waals surface area contributed by atoms with Crippen LogP contribution in [-0.4, -0.2) is 38.8 Å². The Balaban J connectivity index is 2.14. The Hall–Kier alpha value is -1.49. The largest absolute Gasteiger partial charge is 0.523 e. The minimum absolute atomic E-state index is 0.265. The summed E-state index contributed by atoms with van der Waals surface area (Å²) in [5.74, 6) is 1.03. The highest BCUT2D eigenvalue weighted by Gasteiger charge is 2.52.